The summed E-state index contributed by atoms with van der Waals surface area (Å²) in [6.07, 6.45) is 7.07. The van der Waals surface area contributed by atoms with E-state index in [-0.39, 0.29) is 0 Å². The van der Waals surface area contributed by atoms with E-state index in [9.17, 15) is 0 Å². The van der Waals surface area contributed by atoms with Crippen LogP contribution in [-0.2, 0) is 6.54 Å². The van der Waals surface area contributed by atoms with Gasteiger partial charge in [0, 0.05) is 30.3 Å². The quantitative estimate of drug-likeness (QED) is 0.873. The molecule has 2 rings (SSSR count). The van der Waals surface area contributed by atoms with E-state index in [1.165, 1.54) is 49.9 Å². The average molecular weight is 325 g/mol. The first kappa shape index (κ1) is 14.9. The maximum atomic E-state index is 3.59. The van der Waals surface area contributed by atoms with Crippen LogP contribution in [0, 0.1) is 5.92 Å². The Bertz CT molecular complexity index is 400. The Kier molecular flexibility index (Phi) is 5.71. The zero-order chi connectivity index (χ0) is 13.7. The van der Waals surface area contributed by atoms with Gasteiger partial charge in [-0.15, -0.1) is 0 Å². The predicted molar refractivity (Wildman–Crippen MR) is 86.8 cm³/mol. The number of rotatable bonds is 5. The number of hydrogen-bond acceptors (Lipinski definition) is 2. The molecule has 0 unspecified atom stereocenters. The summed E-state index contributed by atoms with van der Waals surface area (Å²) in [7, 11) is 4.24. The van der Waals surface area contributed by atoms with Crippen molar-refractivity contribution in [3.05, 3.63) is 28.2 Å². The zero-order valence-corrected chi connectivity index (χ0v) is 13.7. The predicted octanol–water partition coefficient (Wildman–Crippen LogP) is 4.19. The van der Waals surface area contributed by atoms with Gasteiger partial charge in [-0.05, 0) is 43.5 Å². The van der Waals surface area contributed by atoms with Crippen LogP contribution in [-0.4, -0.2) is 20.6 Å². The van der Waals surface area contributed by atoms with E-state index >= 15 is 0 Å². The van der Waals surface area contributed by atoms with Crippen molar-refractivity contribution >= 4 is 21.6 Å². The second-order valence-corrected chi connectivity index (χ2v) is 6.60. The molecule has 0 radical (unpaired) electrons. The Morgan fingerprint density at radius 2 is 2.00 bits per heavy atom. The molecule has 0 aliphatic heterocycles. The summed E-state index contributed by atoms with van der Waals surface area (Å²) in [5.41, 5.74) is 2.73. The SMILES string of the molecule is CNCc1ccc(Br)cc1N(C)CC1CCCCC1. The first-order valence-electron chi connectivity index (χ1n) is 7.35. The summed E-state index contributed by atoms with van der Waals surface area (Å²) in [4.78, 5) is 2.44. The number of halogens is 1. The van der Waals surface area contributed by atoms with Gasteiger partial charge < -0.3 is 10.2 Å². The van der Waals surface area contributed by atoms with E-state index in [4.69, 9.17) is 0 Å². The minimum atomic E-state index is 0.875. The smallest absolute Gasteiger partial charge is 0.0420 e. The standard InChI is InChI=1S/C16H25BrN2/c1-18-11-14-8-9-15(17)10-16(14)19(2)12-13-6-4-3-5-7-13/h8-10,13,18H,3-7,11-12H2,1-2H3. The van der Waals surface area contributed by atoms with E-state index in [1.54, 1.807) is 0 Å². The number of nitrogens with zero attached hydrogens (tertiary/aromatic N) is 1. The molecule has 0 amide bonds. The van der Waals surface area contributed by atoms with E-state index < -0.39 is 0 Å². The van der Waals surface area contributed by atoms with Gasteiger partial charge in [-0.1, -0.05) is 41.3 Å². The molecule has 2 nitrogen and oxygen atoms in total. The Morgan fingerprint density at radius 3 is 2.68 bits per heavy atom. The monoisotopic (exact) mass is 324 g/mol. The second kappa shape index (κ2) is 7.30. The Morgan fingerprint density at radius 1 is 1.26 bits per heavy atom. The van der Waals surface area contributed by atoms with Gasteiger partial charge in [-0.25, -0.2) is 0 Å². The third kappa shape index (κ3) is 4.22. The van der Waals surface area contributed by atoms with Crippen LogP contribution in [0.4, 0.5) is 5.69 Å². The highest BCUT2D eigenvalue weighted by Crippen LogP contribution is 2.29. The minimum absolute atomic E-state index is 0.875. The van der Waals surface area contributed by atoms with Crippen molar-refractivity contribution in [3.8, 4) is 0 Å². The lowest BCUT2D eigenvalue weighted by atomic mass is 9.89. The first-order valence-corrected chi connectivity index (χ1v) is 8.14. The van der Waals surface area contributed by atoms with E-state index in [2.05, 4.69) is 51.4 Å². The van der Waals surface area contributed by atoms with Crippen molar-refractivity contribution in [3.63, 3.8) is 0 Å². The lowest BCUT2D eigenvalue weighted by Gasteiger charge is -2.30. The Labute approximate surface area is 125 Å². The molecule has 0 aromatic heterocycles. The van der Waals surface area contributed by atoms with E-state index in [1.807, 2.05) is 7.05 Å². The molecule has 0 heterocycles. The van der Waals surface area contributed by atoms with Gasteiger partial charge >= 0.3 is 0 Å². The molecule has 1 saturated carbocycles. The fourth-order valence-electron chi connectivity index (χ4n) is 3.09. The van der Waals surface area contributed by atoms with Crippen molar-refractivity contribution in [1.82, 2.24) is 5.32 Å². The average Bonchev–Trinajstić information content (AvgIpc) is 2.42. The highest BCUT2D eigenvalue weighted by Gasteiger charge is 2.17. The zero-order valence-electron chi connectivity index (χ0n) is 12.1. The van der Waals surface area contributed by atoms with Crippen LogP contribution in [0.3, 0.4) is 0 Å². The third-order valence-corrected chi connectivity index (χ3v) is 4.58. The van der Waals surface area contributed by atoms with Gasteiger partial charge in [0.2, 0.25) is 0 Å². The van der Waals surface area contributed by atoms with E-state index in [0.29, 0.717) is 0 Å². The molecule has 1 aliphatic carbocycles. The van der Waals surface area contributed by atoms with Crippen LogP contribution >= 0.6 is 15.9 Å². The minimum Gasteiger partial charge on any atom is -0.374 e. The normalized spacial score (nSPS) is 16.6. The highest BCUT2D eigenvalue weighted by atomic mass is 79.9. The summed E-state index contributed by atoms with van der Waals surface area (Å²) < 4.78 is 1.16. The van der Waals surface area contributed by atoms with Gasteiger partial charge in [-0.3, -0.25) is 0 Å². The fraction of sp³-hybridized carbons (Fsp3) is 0.625. The van der Waals surface area contributed by atoms with Gasteiger partial charge in [0.25, 0.3) is 0 Å². The van der Waals surface area contributed by atoms with Crippen LogP contribution in [0.5, 0.6) is 0 Å². The number of anilines is 1. The van der Waals surface area contributed by atoms with Crippen LogP contribution < -0.4 is 10.2 Å². The van der Waals surface area contributed by atoms with Crippen molar-refractivity contribution in [1.29, 1.82) is 0 Å². The lowest BCUT2D eigenvalue weighted by Crippen LogP contribution is -2.28. The van der Waals surface area contributed by atoms with E-state index in [0.717, 1.165) is 16.9 Å². The molecule has 0 atom stereocenters. The summed E-state index contributed by atoms with van der Waals surface area (Å²) in [5.74, 6) is 0.875. The molecule has 3 heteroatoms. The van der Waals surface area contributed by atoms with Gasteiger partial charge in [-0.2, -0.15) is 0 Å². The molecule has 1 aliphatic rings. The van der Waals surface area contributed by atoms with Crippen molar-refractivity contribution in [2.24, 2.45) is 5.92 Å². The van der Waals surface area contributed by atoms with Crippen LogP contribution in [0.25, 0.3) is 0 Å². The number of benzene rings is 1. The number of nitrogens with one attached hydrogen (secondary N) is 1. The topological polar surface area (TPSA) is 15.3 Å². The molecular formula is C16H25BrN2. The molecule has 0 bridgehead atoms. The third-order valence-electron chi connectivity index (χ3n) is 4.08. The molecule has 1 aromatic rings. The lowest BCUT2D eigenvalue weighted by molar-refractivity contribution is 0.362. The largest absolute Gasteiger partial charge is 0.374 e. The van der Waals surface area contributed by atoms with Crippen molar-refractivity contribution in [2.45, 2.75) is 38.6 Å². The van der Waals surface area contributed by atoms with Crippen LogP contribution in [0.2, 0.25) is 0 Å². The van der Waals surface area contributed by atoms with Crippen LogP contribution in [0.15, 0.2) is 22.7 Å². The van der Waals surface area contributed by atoms with Gasteiger partial charge in [0.15, 0.2) is 0 Å². The molecule has 1 N–H and O–H groups in total. The molecule has 0 saturated heterocycles. The maximum absolute atomic E-state index is 3.59. The molecule has 1 fully saturated rings. The molecule has 0 spiro atoms. The van der Waals surface area contributed by atoms with Crippen molar-refractivity contribution < 1.29 is 0 Å². The molecular weight excluding hydrogens is 300 g/mol. The summed E-state index contributed by atoms with van der Waals surface area (Å²) >= 11 is 3.59. The Balaban J connectivity index is 2.07. The maximum Gasteiger partial charge on any atom is 0.0420 e. The first-order chi connectivity index (χ1) is 9.20. The highest BCUT2D eigenvalue weighted by molar-refractivity contribution is 9.10. The number of hydrogen-bond donors (Lipinski definition) is 1. The molecule has 106 valence electrons. The van der Waals surface area contributed by atoms with Crippen molar-refractivity contribution in [2.75, 3.05) is 25.5 Å². The van der Waals surface area contributed by atoms with Gasteiger partial charge in [0.1, 0.15) is 0 Å². The summed E-state index contributed by atoms with van der Waals surface area (Å²) in [6.45, 7) is 2.12. The summed E-state index contributed by atoms with van der Waals surface area (Å²) in [5, 5.41) is 3.26. The van der Waals surface area contributed by atoms with Crippen LogP contribution in [0.1, 0.15) is 37.7 Å². The fourth-order valence-corrected chi connectivity index (χ4v) is 3.44. The Hall–Kier alpha value is -0.540. The summed E-state index contributed by atoms with van der Waals surface area (Å²) in [6, 6.07) is 6.59. The van der Waals surface area contributed by atoms with Gasteiger partial charge in [0.05, 0.1) is 0 Å². The molecule has 19 heavy (non-hydrogen) atoms. The molecule has 1 aromatic carbocycles. The second-order valence-electron chi connectivity index (χ2n) is 5.69.